The molecule has 0 rings (SSSR count). The molecule has 0 aromatic rings. The van der Waals surface area contributed by atoms with Gasteiger partial charge in [0.2, 0.25) is 0 Å². The lowest BCUT2D eigenvalue weighted by Crippen LogP contribution is -1.94. The number of thioether (sulfide) groups is 3. The highest BCUT2D eigenvalue weighted by Crippen LogP contribution is 2.18. The van der Waals surface area contributed by atoms with Crippen molar-refractivity contribution in [2.45, 2.75) is 23.0 Å². The number of hydrogen-bond acceptors (Lipinski definition) is 5. The third-order valence-electron chi connectivity index (χ3n) is 1.17. The summed E-state index contributed by atoms with van der Waals surface area (Å²) in [5.74, 6) is 4.93. The largest absolute Gasteiger partial charge is 0.165 e. The molecule has 2 unspecified atom stereocenters. The fourth-order valence-corrected chi connectivity index (χ4v) is 3.89. The van der Waals surface area contributed by atoms with Gasteiger partial charge < -0.3 is 0 Å². The monoisotopic (exact) mass is 274 g/mol. The van der Waals surface area contributed by atoms with Gasteiger partial charge in [0.15, 0.2) is 0 Å². The van der Waals surface area contributed by atoms with Gasteiger partial charge >= 0.3 is 0 Å². The van der Waals surface area contributed by atoms with Gasteiger partial charge in [-0.3, -0.25) is 0 Å². The van der Waals surface area contributed by atoms with Crippen molar-refractivity contribution in [2.24, 2.45) is 0 Å². The quantitative estimate of drug-likeness (QED) is 0.393. The Morgan fingerprint density at radius 1 is 0.846 bits per heavy atom. The topological polar surface area (TPSA) is 0 Å². The van der Waals surface area contributed by atoms with Crippen molar-refractivity contribution < 1.29 is 0 Å². The maximum absolute atomic E-state index is 4.31. The summed E-state index contributed by atoms with van der Waals surface area (Å²) in [7, 11) is 0. The van der Waals surface area contributed by atoms with Crippen LogP contribution in [0.15, 0.2) is 0 Å². The normalized spacial score (nSPS) is 15.7. The lowest BCUT2D eigenvalue weighted by Gasteiger charge is -2.05. The molecule has 0 saturated carbocycles. The maximum atomic E-state index is 4.31. The molecular formula is C8H18S5. The first-order valence-corrected chi connectivity index (χ1v) is 8.58. The minimum atomic E-state index is 0.479. The molecule has 0 aromatic heterocycles. The van der Waals surface area contributed by atoms with Crippen molar-refractivity contribution in [1.82, 2.24) is 0 Å². The molecule has 0 aromatic carbocycles. The van der Waals surface area contributed by atoms with E-state index in [4.69, 9.17) is 0 Å². The molecule has 0 aliphatic heterocycles. The molecular weight excluding hydrogens is 256 g/mol. The van der Waals surface area contributed by atoms with Crippen LogP contribution in [-0.4, -0.2) is 32.2 Å². The first-order chi connectivity index (χ1) is 6.13. The average molecular weight is 275 g/mol. The van der Waals surface area contributed by atoms with E-state index in [-0.39, 0.29) is 0 Å². The summed E-state index contributed by atoms with van der Waals surface area (Å²) < 4.78 is 0.958. The number of hydrogen-bond donors (Lipinski definition) is 2. The standard InChI is InChI=1S/C8H18S5/c1-7(9)12-5-3-11-4-6-13-8(2)10/h7-10H,3-6H2,1-2H3. The van der Waals surface area contributed by atoms with E-state index in [9.17, 15) is 0 Å². The van der Waals surface area contributed by atoms with Gasteiger partial charge in [-0.15, -0.1) is 23.5 Å². The third-order valence-corrected chi connectivity index (χ3v) is 5.41. The predicted molar refractivity (Wildman–Crippen MR) is 79.1 cm³/mol. The zero-order valence-electron chi connectivity index (χ0n) is 8.10. The Hall–Kier alpha value is 1.75. The molecule has 0 N–H and O–H groups in total. The van der Waals surface area contributed by atoms with Crippen molar-refractivity contribution in [1.29, 1.82) is 0 Å². The zero-order valence-corrected chi connectivity index (χ0v) is 12.3. The molecule has 2 atom stereocenters. The molecule has 13 heavy (non-hydrogen) atoms. The van der Waals surface area contributed by atoms with Crippen molar-refractivity contribution in [3.63, 3.8) is 0 Å². The van der Waals surface area contributed by atoms with Crippen molar-refractivity contribution >= 4 is 60.5 Å². The van der Waals surface area contributed by atoms with Crippen LogP contribution in [0.1, 0.15) is 13.8 Å². The first kappa shape index (κ1) is 14.8. The molecule has 0 amide bonds. The highest BCUT2D eigenvalue weighted by molar-refractivity contribution is 8.12. The Bertz CT molecular complexity index is 92.7. The fourth-order valence-electron chi connectivity index (χ4n) is 0.657. The highest BCUT2D eigenvalue weighted by Gasteiger charge is 1.97. The zero-order chi connectivity index (χ0) is 10.1. The van der Waals surface area contributed by atoms with Crippen LogP contribution in [0.5, 0.6) is 0 Å². The molecule has 0 spiro atoms. The van der Waals surface area contributed by atoms with Crippen LogP contribution in [0.25, 0.3) is 0 Å². The summed E-state index contributed by atoms with van der Waals surface area (Å²) in [6.45, 7) is 4.24. The molecule has 0 bridgehead atoms. The Kier molecular flexibility index (Phi) is 11.7. The highest BCUT2D eigenvalue weighted by atomic mass is 32.2. The van der Waals surface area contributed by atoms with Crippen molar-refractivity contribution in [2.75, 3.05) is 23.0 Å². The summed E-state index contributed by atoms with van der Waals surface area (Å²) in [6.07, 6.45) is 0. The summed E-state index contributed by atoms with van der Waals surface area (Å²) in [5.41, 5.74) is 0. The Morgan fingerprint density at radius 3 is 1.54 bits per heavy atom. The van der Waals surface area contributed by atoms with Gasteiger partial charge in [0.05, 0.1) is 0 Å². The van der Waals surface area contributed by atoms with Crippen molar-refractivity contribution in [3.8, 4) is 0 Å². The smallest absolute Gasteiger partial charge is 0.0444 e. The lowest BCUT2D eigenvalue weighted by atomic mass is 10.9. The Balaban J connectivity index is 2.92. The van der Waals surface area contributed by atoms with E-state index in [0.717, 1.165) is 0 Å². The Labute approximate surface area is 106 Å². The average Bonchev–Trinajstić information content (AvgIpc) is 2.01. The molecule has 5 heteroatoms. The van der Waals surface area contributed by atoms with Crippen LogP contribution in [-0.2, 0) is 0 Å². The minimum Gasteiger partial charge on any atom is -0.165 e. The summed E-state index contributed by atoms with van der Waals surface area (Å²) in [4.78, 5) is 0. The maximum Gasteiger partial charge on any atom is 0.0444 e. The van der Waals surface area contributed by atoms with Gasteiger partial charge in [-0.1, -0.05) is 0 Å². The Morgan fingerprint density at radius 2 is 1.23 bits per heavy atom. The summed E-state index contributed by atoms with van der Waals surface area (Å²) in [5, 5.41) is 0. The van der Waals surface area contributed by atoms with E-state index >= 15 is 0 Å². The van der Waals surface area contributed by atoms with Gasteiger partial charge in [-0.2, -0.15) is 37.0 Å². The van der Waals surface area contributed by atoms with E-state index < -0.39 is 0 Å². The molecule has 80 valence electrons. The molecule has 0 aliphatic rings. The van der Waals surface area contributed by atoms with Gasteiger partial charge in [0.25, 0.3) is 0 Å². The van der Waals surface area contributed by atoms with Crippen LogP contribution in [0.3, 0.4) is 0 Å². The van der Waals surface area contributed by atoms with Gasteiger partial charge in [-0.25, -0.2) is 0 Å². The van der Waals surface area contributed by atoms with E-state index in [2.05, 4.69) is 39.1 Å². The number of thiol groups is 2. The SMILES string of the molecule is CC(S)SCCSCCSC(C)S. The summed E-state index contributed by atoms with van der Waals surface area (Å²) in [6, 6.07) is 0. The van der Waals surface area contributed by atoms with Gasteiger partial charge in [-0.05, 0) is 13.8 Å². The van der Waals surface area contributed by atoms with Crippen LogP contribution >= 0.6 is 60.5 Å². The molecule has 0 radical (unpaired) electrons. The van der Waals surface area contributed by atoms with E-state index in [1.165, 1.54) is 23.0 Å². The van der Waals surface area contributed by atoms with Crippen molar-refractivity contribution in [3.05, 3.63) is 0 Å². The fraction of sp³-hybridized carbons (Fsp3) is 1.00. The molecule has 0 heterocycles. The molecule has 0 saturated heterocycles. The predicted octanol–water partition coefficient (Wildman–Crippen LogP) is 3.74. The lowest BCUT2D eigenvalue weighted by molar-refractivity contribution is 1.39. The van der Waals surface area contributed by atoms with Crippen LogP contribution in [0, 0.1) is 0 Å². The second kappa shape index (κ2) is 10.3. The van der Waals surface area contributed by atoms with Crippen LogP contribution in [0.4, 0.5) is 0 Å². The molecule has 0 aliphatic carbocycles. The minimum absolute atomic E-state index is 0.479. The number of rotatable bonds is 8. The second-order valence-corrected chi connectivity index (χ2v) is 8.92. The third kappa shape index (κ3) is 13.8. The summed E-state index contributed by atoms with van der Waals surface area (Å²) >= 11 is 14.5. The van der Waals surface area contributed by atoms with E-state index in [1.807, 2.05) is 35.3 Å². The van der Waals surface area contributed by atoms with Gasteiger partial charge in [0.1, 0.15) is 0 Å². The van der Waals surface area contributed by atoms with Crippen LogP contribution < -0.4 is 0 Å². The second-order valence-electron chi connectivity index (χ2n) is 2.55. The first-order valence-electron chi connectivity index (χ1n) is 4.30. The van der Waals surface area contributed by atoms with E-state index in [0.29, 0.717) is 9.16 Å². The van der Waals surface area contributed by atoms with Gasteiger partial charge in [0, 0.05) is 32.2 Å². The van der Waals surface area contributed by atoms with Crippen LogP contribution in [0.2, 0.25) is 0 Å². The molecule has 0 nitrogen and oxygen atoms in total. The van der Waals surface area contributed by atoms with E-state index in [1.54, 1.807) is 0 Å². The molecule has 0 fully saturated rings.